The van der Waals surface area contributed by atoms with Gasteiger partial charge in [-0.25, -0.2) is 12.7 Å². The highest BCUT2D eigenvalue weighted by molar-refractivity contribution is 14.1. The van der Waals surface area contributed by atoms with Crippen LogP contribution in [0.15, 0.2) is 47.4 Å². The van der Waals surface area contributed by atoms with Crippen LogP contribution in [0, 0.1) is 3.57 Å². The summed E-state index contributed by atoms with van der Waals surface area (Å²) in [5.74, 6) is 0.381. The maximum Gasteiger partial charge on any atom is 0.262 e. The van der Waals surface area contributed by atoms with Crippen molar-refractivity contribution in [3.63, 3.8) is 0 Å². The molecule has 0 aromatic heterocycles. The first-order valence-electron chi connectivity index (χ1n) is 7.53. The van der Waals surface area contributed by atoms with Crippen LogP contribution in [-0.2, 0) is 14.8 Å². The Morgan fingerprint density at radius 2 is 1.92 bits per heavy atom. The van der Waals surface area contributed by atoms with Gasteiger partial charge in [0.05, 0.1) is 7.11 Å². The molecule has 2 aromatic carbocycles. The fourth-order valence-corrected chi connectivity index (χ4v) is 3.64. The lowest BCUT2D eigenvalue weighted by molar-refractivity contribution is -0.118. The van der Waals surface area contributed by atoms with Crippen molar-refractivity contribution in [1.29, 1.82) is 0 Å². The first kappa shape index (κ1) is 20.5. The second-order valence-electron chi connectivity index (χ2n) is 5.45. The van der Waals surface area contributed by atoms with Crippen LogP contribution in [0.4, 0.5) is 5.69 Å². The highest BCUT2D eigenvalue weighted by Crippen LogP contribution is 2.28. The quantitative estimate of drug-likeness (QED) is 0.604. The van der Waals surface area contributed by atoms with Gasteiger partial charge in [0, 0.05) is 23.4 Å². The van der Waals surface area contributed by atoms with Crippen LogP contribution in [0.5, 0.6) is 11.5 Å². The summed E-state index contributed by atoms with van der Waals surface area (Å²) in [6.07, 6.45) is 0. The summed E-state index contributed by atoms with van der Waals surface area (Å²) in [4.78, 5) is 12.1. The van der Waals surface area contributed by atoms with Crippen LogP contribution in [0.1, 0.15) is 0 Å². The number of hydrogen-bond acceptors (Lipinski definition) is 5. The van der Waals surface area contributed by atoms with Crippen molar-refractivity contribution in [2.75, 3.05) is 33.1 Å². The molecule has 26 heavy (non-hydrogen) atoms. The molecule has 0 saturated carbocycles. The standard InChI is InChI=1S/C17H19IN2O5S/c1-20(2)26(22,23)16-10-13(7-8-15(16)24-3)19-17(21)11-25-14-6-4-5-12(18)9-14/h4-10H,11H2,1-3H3,(H,19,21). The Morgan fingerprint density at radius 1 is 1.19 bits per heavy atom. The molecule has 0 aliphatic heterocycles. The van der Waals surface area contributed by atoms with E-state index in [1.807, 2.05) is 18.2 Å². The number of carbonyl (C=O) groups excluding carboxylic acids is 1. The summed E-state index contributed by atoms with van der Waals surface area (Å²) in [6.45, 7) is -0.193. The molecule has 0 saturated heterocycles. The minimum absolute atomic E-state index is 0.0265. The van der Waals surface area contributed by atoms with Crippen molar-refractivity contribution in [3.05, 3.63) is 46.0 Å². The molecule has 1 N–H and O–H groups in total. The zero-order chi connectivity index (χ0) is 19.3. The van der Waals surface area contributed by atoms with E-state index in [4.69, 9.17) is 9.47 Å². The van der Waals surface area contributed by atoms with E-state index >= 15 is 0 Å². The monoisotopic (exact) mass is 490 g/mol. The fourth-order valence-electron chi connectivity index (χ4n) is 2.06. The Labute approximate surface area is 166 Å². The zero-order valence-corrected chi connectivity index (χ0v) is 17.5. The van der Waals surface area contributed by atoms with Gasteiger partial charge >= 0.3 is 0 Å². The molecule has 140 valence electrons. The maximum absolute atomic E-state index is 12.4. The van der Waals surface area contributed by atoms with Crippen molar-refractivity contribution in [1.82, 2.24) is 4.31 Å². The Kier molecular flexibility index (Phi) is 6.84. The predicted octanol–water partition coefficient (Wildman–Crippen LogP) is 2.57. The van der Waals surface area contributed by atoms with E-state index in [2.05, 4.69) is 27.9 Å². The molecule has 2 aromatic rings. The topological polar surface area (TPSA) is 84.9 Å². The van der Waals surface area contributed by atoms with E-state index < -0.39 is 15.9 Å². The molecule has 7 nitrogen and oxygen atoms in total. The normalized spacial score (nSPS) is 11.3. The number of nitrogens with one attached hydrogen (secondary N) is 1. The van der Waals surface area contributed by atoms with Crippen molar-refractivity contribution in [2.45, 2.75) is 4.90 Å². The average molecular weight is 490 g/mol. The Balaban J connectivity index is 2.13. The van der Waals surface area contributed by atoms with Crippen LogP contribution in [0.2, 0.25) is 0 Å². The predicted molar refractivity (Wildman–Crippen MR) is 107 cm³/mol. The smallest absolute Gasteiger partial charge is 0.262 e. The summed E-state index contributed by atoms with van der Waals surface area (Å²) in [6, 6.07) is 11.7. The van der Waals surface area contributed by atoms with Crippen LogP contribution < -0.4 is 14.8 Å². The molecule has 0 spiro atoms. The zero-order valence-electron chi connectivity index (χ0n) is 14.5. The summed E-state index contributed by atoms with van der Waals surface area (Å²) in [5.41, 5.74) is 0.336. The third-order valence-corrected chi connectivity index (χ3v) is 5.88. The lowest BCUT2D eigenvalue weighted by atomic mass is 10.3. The van der Waals surface area contributed by atoms with Gasteiger partial charge in [0.2, 0.25) is 10.0 Å². The van der Waals surface area contributed by atoms with Crippen LogP contribution >= 0.6 is 22.6 Å². The third-order valence-electron chi connectivity index (χ3n) is 3.37. The van der Waals surface area contributed by atoms with Crippen LogP contribution in [0.3, 0.4) is 0 Å². The summed E-state index contributed by atoms with van der Waals surface area (Å²) < 4.78 is 37.4. The number of sulfonamides is 1. The number of benzene rings is 2. The number of hydrogen-bond donors (Lipinski definition) is 1. The van der Waals surface area contributed by atoms with E-state index in [0.717, 1.165) is 7.88 Å². The molecule has 0 unspecified atom stereocenters. The van der Waals surface area contributed by atoms with E-state index in [9.17, 15) is 13.2 Å². The first-order valence-corrected chi connectivity index (χ1v) is 10.0. The number of carbonyl (C=O) groups is 1. The lowest BCUT2D eigenvalue weighted by Crippen LogP contribution is -2.24. The van der Waals surface area contributed by atoms with Gasteiger partial charge in [-0.1, -0.05) is 6.07 Å². The Bertz CT molecular complexity index is 900. The highest BCUT2D eigenvalue weighted by atomic mass is 127. The molecular weight excluding hydrogens is 471 g/mol. The maximum atomic E-state index is 12.4. The number of ether oxygens (including phenoxy) is 2. The van der Waals surface area contributed by atoms with Gasteiger partial charge in [0.25, 0.3) is 5.91 Å². The molecule has 0 fully saturated rings. The van der Waals surface area contributed by atoms with Crippen molar-refractivity contribution in [3.8, 4) is 11.5 Å². The molecule has 0 radical (unpaired) electrons. The van der Waals surface area contributed by atoms with Crippen molar-refractivity contribution < 1.29 is 22.7 Å². The van der Waals surface area contributed by atoms with Gasteiger partial charge in [0.15, 0.2) is 6.61 Å². The minimum atomic E-state index is -3.71. The molecule has 1 amide bonds. The third kappa shape index (κ3) is 5.08. The molecule has 0 bridgehead atoms. The number of nitrogens with zero attached hydrogens (tertiary/aromatic N) is 1. The second-order valence-corrected chi connectivity index (χ2v) is 8.81. The summed E-state index contributed by atoms with van der Waals surface area (Å²) in [7, 11) is 0.525. The Morgan fingerprint density at radius 3 is 2.54 bits per heavy atom. The molecule has 0 heterocycles. The molecular formula is C17H19IN2O5S. The summed E-state index contributed by atoms with van der Waals surface area (Å²) in [5, 5.41) is 2.63. The van der Waals surface area contributed by atoms with Crippen molar-refractivity contribution >= 4 is 44.2 Å². The van der Waals surface area contributed by atoms with Gasteiger partial charge in [-0.2, -0.15) is 0 Å². The molecule has 2 rings (SSSR count). The highest BCUT2D eigenvalue weighted by Gasteiger charge is 2.23. The van der Waals surface area contributed by atoms with Gasteiger partial charge < -0.3 is 14.8 Å². The molecule has 0 aliphatic rings. The average Bonchev–Trinajstić information content (AvgIpc) is 2.60. The lowest BCUT2D eigenvalue weighted by Gasteiger charge is -2.16. The van der Waals surface area contributed by atoms with Crippen molar-refractivity contribution in [2.24, 2.45) is 0 Å². The number of anilines is 1. The van der Waals surface area contributed by atoms with Crippen LogP contribution in [-0.4, -0.2) is 46.4 Å². The van der Waals surface area contributed by atoms with E-state index in [1.165, 1.54) is 33.3 Å². The van der Waals surface area contributed by atoms with E-state index in [0.29, 0.717) is 11.4 Å². The number of amides is 1. The van der Waals surface area contributed by atoms with Gasteiger partial charge in [-0.3, -0.25) is 4.79 Å². The van der Waals surface area contributed by atoms with E-state index in [-0.39, 0.29) is 17.3 Å². The van der Waals surface area contributed by atoms with Gasteiger partial charge in [0.1, 0.15) is 16.4 Å². The van der Waals surface area contributed by atoms with Gasteiger partial charge in [-0.05, 0) is 59.0 Å². The second kappa shape index (κ2) is 8.69. The number of halogens is 1. The molecule has 9 heteroatoms. The first-order chi connectivity index (χ1) is 12.2. The summed E-state index contributed by atoms with van der Waals surface area (Å²) >= 11 is 2.15. The van der Waals surface area contributed by atoms with Crippen LogP contribution in [0.25, 0.3) is 0 Å². The molecule has 0 atom stereocenters. The number of rotatable bonds is 7. The minimum Gasteiger partial charge on any atom is -0.495 e. The fraction of sp³-hybridized carbons (Fsp3) is 0.235. The number of methoxy groups -OCH3 is 1. The molecule has 0 aliphatic carbocycles. The largest absolute Gasteiger partial charge is 0.495 e. The Hall–Kier alpha value is -1.85. The SMILES string of the molecule is COc1ccc(NC(=O)COc2cccc(I)c2)cc1S(=O)(=O)N(C)C. The van der Waals surface area contributed by atoms with E-state index in [1.54, 1.807) is 12.1 Å². The van der Waals surface area contributed by atoms with Gasteiger partial charge in [-0.15, -0.1) is 0 Å².